The molecule has 0 bridgehead atoms. The van der Waals surface area contributed by atoms with Crippen LogP contribution in [0.1, 0.15) is 11.3 Å². The normalized spacial score (nSPS) is 10.0. The Bertz CT molecular complexity index is 834. The first-order chi connectivity index (χ1) is 10.7. The topological polar surface area (TPSA) is 74.5 Å². The molecule has 0 atom stereocenters. The van der Waals surface area contributed by atoms with E-state index in [0.29, 0.717) is 11.5 Å². The first-order valence-corrected chi connectivity index (χ1v) is 6.78. The van der Waals surface area contributed by atoms with Crippen LogP contribution in [0.2, 0.25) is 0 Å². The molecule has 22 heavy (non-hydrogen) atoms. The van der Waals surface area contributed by atoms with Crippen LogP contribution in [0.3, 0.4) is 0 Å². The highest BCUT2D eigenvalue weighted by molar-refractivity contribution is 5.63. The third-order valence-corrected chi connectivity index (χ3v) is 3.11. The molecule has 1 aromatic carbocycles. The number of nitriles is 1. The van der Waals surface area contributed by atoms with Crippen LogP contribution in [0.4, 0.5) is 11.6 Å². The number of hydrogen-bond donors (Lipinski definition) is 1. The maximum absolute atomic E-state index is 8.98. The molecule has 5 heteroatoms. The number of anilines is 2. The first kappa shape index (κ1) is 13.7. The molecule has 5 nitrogen and oxygen atoms in total. The summed E-state index contributed by atoms with van der Waals surface area (Å²) in [5.74, 6) is 0.491. The molecular weight excluding hydrogens is 274 g/mol. The average Bonchev–Trinajstić information content (AvgIpc) is 2.57. The molecule has 3 aromatic rings. The summed E-state index contributed by atoms with van der Waals surface area (Å²) in [6.45, 7) is 1.93. The predicted molar refractivity (Wildman–Crippen MR) is 84.4 cm³/mol. The fourth-order valence-corrected chi connectivity index (χ4v) is 2.00. The van der Waals surface area contributed by atoms with E-state index in [1.807, 2.05) is 37.3 Å². The summed E-state index contributed by atoms with van der Waals surface area (Å²) in [4.78, 5) is 12.9. The summed E-state index contributed by atoms with van der Waals surface area (Å²) in [7, 11) is 0. The van der Waals surface area contributed by atoms with Gasteiger partial charge < -0.3 is 5.32 Å². The lowest BCUT2D eigenvalue weighted by Crippen LogP contribution is -1.98. The number of hydrogen-bond acceptors (Lipinski definition) is 5. The number of nitrogens with one attached hydrogen (secondary N) is 1. The van der Waals surface area contributed by atoms with Gasteiger partial charge >= 0.3 is 0 Å². The lowest BCUT2D eigenvalue weighted by molar-refractivity contribution is 1.15. The highest BCUT2D eigenvalue weighted by Crippen LogP contribution is 2.20. The quantitative estimate of drug-likeness (QED) is 0.798. The van der Waals surface area contributed by atoms with E-state index in [1.54, 1.807) is 24.5 Å². The predicted octanol–water partition coefficient (Wildman–Crippen LogP) is 3.46. The molecule has 0 unspecified atom stereocenters. The molecule has 0 fully saturated rings. The molecule has 0 saturated heterocycles. The van der Waals surface area contributed by atoms with Crippen molar-refractivity contribution in [1.82, 2.24) is 15.0 Å². The Morgan fingerprint density at radius 2 is 2.00 bits per heavy atom. The van der Waals surface area contributed by atoms with Crippen molar-refractivity contribution in [3.8, 4) is 17.3 Å². The van der Waals surface area contributed by atoms with Gasteiger partial charge in [0.15, 0.2) is 0 Å². The van der Waals surface area contributed by atoms with Crippen molar-refractivity contribution in [2.45, 2.75) is 6.92 Å². The fraction of sp³-hybridized carbons (Fsp3) is 0.0588. The van der Waals surface area contributed by atoms with Crippen molar-refractivity contribution in [3.05, 3.63) is 66.1 Å². The smallest absolute Gasteiger partial charge is 0.227 e. The number of pyridine rings is 1. The third kappa shape index (κ3) is 3.07. The van der Waals surface area contributed by atoms with E-state index in [2.05, 4.69) is 26.3 Å². The van der Waals surface area contributed by atoms with Gasteiger partial charge in [0.25, 0.3) is 0 Å². The van der Waals surface area contributed by atoms with E-state index in [9.17, 15) is 0 Å². The lowest BCUT2D eigenvalue weighted by atomic mass is 10.1. The number of rotatable bonds is 3. The zero-order valence-electron chi connectivity index (χ0n) is 12.0. The molecule has 0 saturated carbocycles. The summed E-state index contributed by atoms with van der Waals surface area (Å²) in [6, 6.07) is 15.1. The second-order valence-corrected chi connectivity index (χ2v) is 4.77. The molecule has 0 aliphatic heterocycles. The van der Waals surface area contributed by atoms with Gasteiger partial charge in [0.2, 0.25) is 5.95 Å². The number of aryl methyl sites for hydroxylation is 1. The zero-order valence-corrected chi connectivity index (χ0v) is 12.0. The van der Waals surface area contributed by atoms with E-state index < -0.39 is 0 Å². The average molecular weight is 287 g/mol. The van der Waals surface area contributed by atoms with Crippen molar-refractivity contribution in [3.63, 3.8) is 0 Å². The van der Waals surface area contributed by atoms with E-state index in [4.69, 9.17) is 5.26 Å². The van der Waals surface area contributed by atoms with Crippen LogP contribution < -0.4 is 5.32 Å². The van der Waals surface area contributed by atoms with E-state index in [0.717, 1.165) is 22.6 Å². The van der Waals surface area contributed by atoms with Gasteiger partial charge in [0.1, 0.15) is 0 Å². The molecule has 0 spiro atoms. The molecule has 0 amide bonds. The van der Waals surface area contributed by atoms with Crippen molar-refractivity contribution in [1.29, 1.82) is 5.26 Å². The van der Waals surface area contributed by atoms with Crippen LogP contribution in [0.25, 0.3) is 11.3 Å². The lowest BCUT2D eigenvalue weighted by Gasteiger charge is -2.06. The third-order valence-electron chi connectivity index (χ3n) is 3.11. The Morgan fingerprint density at radius 3 is 2.77 bits per heavy atom. The van der Waals surface area contributed by atoms with Crippen LogP contribution in [0.15, 0.2) is 54.9 Å². The monoisotopic (exact) mass is 287 g/mol. The minimum atomic E-state index is 0.491. The molecule has 0 aliphatic carbocycles. The van der Waals surface area contributed by atoms with Crippen molar-refractivity contribution >= 4 is 11.6 Å². The molecular formula is C17H13N5. The summed E-state index contributed by atoms with van der Waals surface area (Å²) < 4.78 is 0. The van der Waals surface area contributed by atoms with Crippen molar-refractivity contribution in [2.75, 3.05) is 5.32 Å². The Morgan fingerprint density at radius 1 is 1.09 bits per heavy atom. The van der Waals surface area contributed by atoms with Gasteiger partial charge in [0.05, 0.1) is 29.2 Å². The number of nitrogens with zero attached hydrogens (tertiary/aromatic N) is 4. The van der Waals surface area contributed by atoms with Crippen molar-refractivity contribution in [2.24, 2.45) is 0 Å². The zero-order chi connectivity index (χ0) is 15.4. The number of benzene rings is 1. The second kappa shape index (κ2) is 6.02. The van der Waals surface area contributed by atoms with Crippen LogP contribution in [0.5, 0.6) is 0 Å². The Labute approximate surface area is 128 Å². The molecule has 106 valence electrons. The standard InChI is InChI=1S/C17H13N5/c1-12-5-6-15(11-20-12)21-17-19-8-7-16(22-17)14-4-2-3-13(9-14)10-18/h2-9,11H,1H3,(H,19,21,22). The van der Waals surface area contributed by atoms with E-state index in [1.165, 1.54) is 0 Å². The maximum atomic E-state index is 8.98. The van der Waals surface area contributed by atoms with Gasteiger partial charge in [-0.2, -0.15) is 5.26 Å². The highest BCUT2D eigenvalue weighted by atomic mass is 15.1. The molecule has 0 aliphatic rings. The van der Waals surface area contributed by atoms with Crippen molar-refractivity contribution < 1.29 is 0 Å². The van der Waals surface area contributed by atoms with Gasteiger partial charge in [-0.05, 0) is 37.3 Å². The van der Waals surface area contributed by atoms with E-state index in [-0.39, 0.29) is 0 Å². The highest BCUT2D eigenvalue weighted by Gasteiger charge is 2.04. The van der Waals surface area contributed by atoms with Crippen LogP contribution in [-0.4, -0.2) is 15.0 Å². The molecule has 2 heterocycles. The van der Waals surface area contributed by atoms with Crippen LogP contribution in [-0.2, 0) is 0 Å². The summed E-state index contributed by atoms with van der Waals surface area (Å²) in [6.07, 6.45) is 3.42. The minimum Gasteiger partial charge on any atom is -0.323 e. The second-order valence-electron chi connectivity index (χ2n) is 4.77. The molecule has 1 N–H and O–H groups in total. The first-order valence-electron chi connectivity index (χ1n) is 6.78. The van der Waals surface area contributed by atoms with Crippen LogP contribution in [0, 0.1) is 18.3 Å². The summed E-state index contributed by atoms with van der Waals surface area (Å²) in [5, 5.41) is 12.1. The van der Waals surface area contributed by atoms with Gasteiger partial charge in [-0.25, -0.2) is 9.97 Å². The van der Waals surface area contributed by atoms with Crippen LogP contribution >= 0.6 is 0 Å². The Balaban J connectivity index is 1.89. The summed E-state index contributed by atoms with van der Waals surface area (Å²) >= 11 is 0. The Kier molecular flexibility index (Phi) is 3.75. The minimum absolute atomic E-state index is 0.491. The van der Waals surface area contributed by atoms with Gasteiger partial charge in [0, 0.05) is 17.5 Å². The summed E-state index contributed by atoms with van der Waals surface area (Å²) in [5.41, 5.74) is 4.02. The largest absolute Gasteiger partial charge is 0.323 e. The van der Waals surface area contributed by atoms with Gasteiger partial charge in [-0.3, -0.25) is 4.98 Å². The van der Waals surface area contributed by atoms with Gasteiger partial charge in [-0.1, -0.05) is 12.1 Å². The fourth-order valence-electron chi connectivity index (χ4n) is 2.00. The Hall–Kier alpha value is -3.26. The maximum Gasteiger partial charge on any atom is 0.227 e. The number of aromatic nitrogens is 3. The molecule has 3 rings (SSSR count). The van der Waals surface area contributed by atoms with Gasteiger partial charge in [-0.15, -0.1) is 0 Å². The molecule has 2 aromatic heterocycles. The van der Waals surface area contributed by atoms with E-state index >= 15 is 0 Å². The molecule has 0 radical (unpaired) electrons. The SMILES string of the molecule is Cc1ccc(Nc2nccc(-c3cccc(C#N)c3)n2)cn1.